The molecule has 0 aliphatic carbocycles. The van der Waals surface area contributed by atoms with E-state index in [4.69, 9.17) is 24.2 Å². The molecule has 2 bridgehead atoms. The van der Waals surface area contributed by atoms with Gasteiger partial charge in [-0.25, -0.2) is 18.2 Å². The number of benzene rings is 2. The van der Waals surface area contributed by atoms with Crippen LogP contribution in [0.2, 0.25) is 0 Å². The van der Waals surface area contributed by atoms with Crippen molar-refractivity contribution < 1.29 is 27.4 Å². The molecule has 41 heavy (non-hydrogen) atoms. The van der Waals surface area contributed by atoms with Crippen LogP contribution in [-0.2, 0) is 14.6 Å². The molecular weight excluding hydrogens is 546 g/mol. The molecule has 0 saturated carbocycles. The first-order valence-corrected chi connectivity index (χ1v) is 15.5. The Balaban J connectivity index is 1.52. The summed E-state index contributed by atoms with van der Waals surface area (Å²) >= 11 is 0. The van der Waals surface area contributed by atoms with Gasteiger partial charge < -0.3 is 29.3 Å². The smallest absolute Gasteiger partial charge is 0.410 e. The number of anilines is 3. The summed E-state index contributed by atoms with van der Waals surface area (Å²) in [5.74, 6) is 2.14. The second-order valence-corrected chi connectivity index (χ2v) is 13.5. The standard InChI is InChI=1S/C29H37N5O6S/c1-29(2,3)40-28(35)34-19-9-10-20(34)17-33(14-13-19)27-31-23-16-25(39-5)24(38-4)15-22(23)26(32-27)30-18-7-11-21(12-8-18)41(6,36)37/h7-8,11-12,15-16,19-20H,9-10,13-14,17H2,1-6H3,(H,30,31,32)/t19-,20+/m0/s1. The zero-order chi connectivity index (χ0) is 29.5. The molecule has 2 fully saturated rings. The number of carbonyl (C=O) groups excluding carboxylic acids is 1. The third-order valence-electron chi connectivity index (χ3n) is 7.40. The normalized spacial score (nSPS) is 19.2. The van der Waals surface area contributed by atoms with Gasteiger partial charge in [0.2, 0.25) is 5.95 Å². The van der Waals surface area contributed by atoms with E-state index in [0.717, 1.165) is 19.3 Å². The van der Waals surface area contributed by atoms with Crippen LogP contribution in [0.5, 0.6) is 11.5 Å². The first-order chi connectivity index (χ1) is 19.4. The molecule has 1 amide bonds. The molecule has 2 atom stereocenters. The number of sulfone groups is 1. The van der Waals surface area contributed by atoms with Crippen LogP contribution in [0.4, 0.5) is 22.2 Å². The molecule has 0 radical (unpaired) electrons. The maximum Gasteiger partial charge on any atom is 0.410 e. The number of nitrogens with one attached hydrogen (secondary N) is 1. The zero-order valence-corrected chi connectivity index (χ0v) is 25.1. The molecule has 3 heterocycles. The van der Waals surface area contributed by atoms with Gasteiger partial charge in [-0.3, -0.25) is 0 Å². The van der Waals surface area contributed by atoms with E-state index in [9.17, 15) is 13.2 Å². The monoisotopic (exact) mass is 583 g/mol. The van der Waals surface area contributed by atoms with E-state index in [1.165, 1.54) is 6.26 Å². The molecule has 0 spiro atoms. The van der Waals surface area contributed by atoms with Gasteiger partial charge in [-0.2, -0.15) is 4.98 Å². The van der Waals surface area contributed by atoms with Crippen LogP contribution in [0.25, 0.3) is 10.9 Å². The van der Waals surface area contributed by atoms with E-state index in [0.29, 0.717) is 52.9 Å². The topological polar surface area (TPSA) is 123 Å². The van der Waals surface area contributed by atoms with Crippen LogP contribution >= 0.6 is 0 Å². The first-order valence-electron chi connectivity index (χ1n) is 13.6. The molecule has 2 aliphatic heterocycles. The van der Waals surface area contributed by atoms with Crippen molar-refractivity contribution >= 4 is 44.3 Å². The summed E-state index contributed by atoms with van der Waals surface area (Å²) < 4.78 is 40.7. The van der Waals surface area contributed by atoms with Gasteiger partial charge in [-0.1, -0.05) is 0 Å². The van der Waals surface area contributed by atoms with Gasteiger partial charge in [0.05, 0.1) is 30.7 Å². The van der Waals surface area contributed by atoms with Crippen LogP contribution in [0.15, 0.2) is 41.3 Å². The number of fused-ring (bicyclic) bond motifs is 3. The van der Waals surface area contributed by atoms with Crippen molar-refractivity contribution in [3.8, 4) is 11.5 Å². The number of ether oxygens (including phenoxy) is 3. The van der Waals surface area contributed by atoms with Gasteiger partial charge >= 0.3 is 6.09 Å². The predicted octanol–water partition coefficient (Wildman–Crippen LogP) is 4.77. The van der Waals surface area contributed by atoms with Gasteiger partial charge in [0.25, 0.3) is 0 Å². The fourth-order valence-corrected chi connectivity index (χ4v) is 6.10. The van der Waals surface area contributed by atoms with E-state index >= 15 is 0 Å². The number of hydrogen-bond acceptors (Lipinski definition) is 10. The highest BCUT2D eigenvalue weighted by atomic mass is 32.2. The molecule has 1 N–H and O–H groups in total. The quantitative estimate of drug-likeness (QED) is 0.434. The fraction of sp³-hybridized carbons (Fsp3) is 0.483. The van der Waals surface area contributed by atoms with Crippen molar-refractivity contribution in [2.24, 2.45) is 0 Å². The number of amides is 1. The molecule has 3 aromatic rings. The van der Waals surface area contributed by atoms with Crippen LogP contribution in [0, 0.1) is 0 Å². The number of aromatic nitrogens is 2. The van der Waals surface area contributed by atoms with Crippen molar-refractivity contribution in [1.29, 1.82) is 0 Å². The van der Waals surface area contributed by atoms with Crippen LogP contribution in [0.3, 0.4) is 0 Å². The van der Waals surface area contributed by atoms with Crippen LogP contribution < -0.4 is 19.7 Å². The van der Waals surface area contributed by atoms with Gasteiger partial charge in [0, 0.05) is 42.5 Å². The lowest BCUT2D eigenvalue weighted by atomic mass is 10.1. The lowest BCUT2D eigenvalue weighted by Gasteiger charge is -2.31. The average molecular weight is 584 g/mol. The third kappa shape index (κ3) is 6.12. The minimum Gasteiger partial charge on any atom is -0.493 e. The Hall–Kier alpha value is -3.80. The second-order valence-electron chi connectivity index (χ2n) is 11.5. The summed E-state index contributed by atoms with van der Waals surface area (Å²) in [7, 11) is -0.179. The molecule has 2 saturated heterocycles. The molecule has 11 nitrogen and oxygen atoms in total. The van der Waals surface area contributed by atoms with Crippen molar-refractivity contribution in [2.75, 3.05) is 43.8 Å². The van der Waals surface area contributed by atoms with E-state index in [-0.39, 0.29) is 23.1 Å². The average Bonchev–Trinajstić information content (AvgIpc) is 3.20. The Labute approximate surface area is 240 Å². The number of carbonyl (C=O) groups is 1. The highest BCUT2D eigenvalue weighted by Gasteiger charge is 2.42. The predicted molar refractivity (Wildman–Crippen MR) is 157 cm³/mol. The number of nitrogens with zero attached hydrogens (tertiary/aromatic N) is 4. The minimum atomic E-state index is -3.32. The lowest BCUT2D eigenvalue weighted by molar-refractivity contribution is 0.0163. The van der Waals surface area contributed by atoms with E-state index in [2.05, 4.69) is 10.2 Å². The molecule has 2 aliphatic rings. The summed E-state index contributed by atoms with van der Waals surface area (Å²) in [4.78, 5) is 27.2. The van der Waals surface area contributed by atoms with Crippen molar-refractivity contribution in [3.63, 3.8) is 0 Å². The molecule has 0 unspecified atom stereocenters. The maximum atomic E-state index is 13.1. The van der Waals surface area contributed by atoms with Gasteiger partial charge in [-0.15, -0.1) is 0 Å². The number of rotatable bonds is 6. The molecule has 1 aromatic heterocycles. The third-order valence-corrected chi connectivity index (χ3v) is 8.53. The highest BCUT2D eigenvalue weighted by Crippen LogP contribution is 2.38. The largest absolute Gasteiger partial charge is 0.493 e. The van der Waals surface area contributed by atoms with Crippen molar-refractivity contribution in [2.45, 2.75) is 62.6 Å². The Morgan fingerprint density at radius 1 is 0.976 bits per heavy atom. The Morgan fingerprint density at radius 3 is 2.27 bits per heavy atom. The zero-order valence-electron chi connectivity index (χ0n) is 24.3. The molecule has 2 aromatic carbocycles. The summed E-state index contributed by atoms with van der Waals surface area (Å²) in [6.07, 6.45) is 3.51. The maximum absolute atomic E-state index is 13.1. The number of hydrogen-bond donors (Lipinski definition) is 1. The lowest BCUT2D eigenvalue weighted by Crippen LogP contribution is -2.45. The Morgan fingerprint density at radius 2 is 1.63 bits per heavy atom. The SMILES string of the molecule is COc1cc2nc(N3CC[C@@H]4CC[C@H](C3)N4C(=O)OC(C)(C)C)nc(Nc3ccc(S(C)(=O)=O)cc3)c2cc1OC. The second kappa shape index (κ2) is 10.9. The molecule has 12 heteroatoms. The van der Waals surface area contributed by atoms with E-state index in [1.54, 1.807) is 38.5 Å². The summed E-state index contributed by atoms with van der Waals surface area (Å²) in [5, 5.41) is 4.06. The molecule has 5 rings (SSSR count). The number of methoxy groups -OCH3 is 2. The van der Waals surface area contributed by atoms with Crippen molar-refractivity contribution in [3.05, 3.63) is 36.4 Å². The summed E-state index contributed by atoms with van der Waals surface area (Å²) in [6, 6.07) is 10.2. The van der Waals surface area contributed by atoms with Crippen molar-refractivity contribution in [1.82, 2.24) is 14.9 Å². The van der Waals surface area contributed by atoms with E-state index in [1.807, 2.05) is 37.8 Å². The summed E-state index contributed by atoms with van der Waals surface area (Å²) in [6.45, 7) is 6.91. The van der Waals surface area contributed by atoms with Crippen LogP contribution in [0.1, 0.15) is 40.0 Å². The van der Waals surface area contributed by atoms with Gasteiger partial charge in [-0.05, 0) is 70.4 Å². The Bertz CT molecular complexity index is 1550. The Kier molecular flexibility index (Phi) is 7.62. The molecule has 220 valence electrons. The molecular formula is C29H37N5O6S. The fourth-order valence-electron chi connectivity index (χ4n) is 5.47. The first kappa shape index (κ1) is 28.7. The highest BCUT2D eigenvalue weighted by molar-refractivity contribution is 7.90. The summed E-state index contributed by atoms with van der Waals surface area (Å²) in [5.41, 5.74) is 0.759. The van der Waals surface area contributed by atoms with Crippen LogP contribution in [-0.4, -0.2) is 80.6 Å². The minimum absolute atomic E-state index is 0.0120. The van der Waals surface area contributed by atoms with E-state index < -0.39 is 15.4 Å². The van der Waals surface area contributed by atoms with Gasteiger partial charge in [0.15, 0.2) is 21.3 Å². The van der Waals surface area contributed by atoms with Gasteiger partial charge in [0.1, 0.15) is 11.4 Å².